The number of nitrogens with zero attached hydrogens (tertiary/aromatic N) is 2. The van der Waals surface area contributed by atoms with E-state index in [2.05, 4.69) is 24.1 Å². The van der Waals surface area contributed by atoms with Crippen molar-refractivity contribution in [3.63, 3.8) is 0 Å². The second-order valence-corrected chi connectivity index (χ2v) is 6.12. The Morgan fingerprint density at radius 3 is 2.91 bits per heavy atom. The van der Waals surface area contributed by atoms with Gasteiger partial charge in [-0.3, -0.25) is 4.79 Å². The van der Waals surface area contributed by atoms with Gasteiger partial charge in [-0.25, -0.2) is 4.98 Å². The van der Waals surface area contributed by atoms with Crippen LogP contribution in [0, 0.1) is 12.8 Å². The Hall–Kier alpha value is -1.88. The van der Waals surface area contributed by atoms with Gasteiger partial charge in [-0.15, -0.1) is 0 Å². The average molecular weight is 303 g/mol. The Bertz CT molecular complexity index is 634. The Morgan fingerprint density at radius 1 is 1.41 bits per heavy atom. The van der Waals surface area contributed by atoms with Gasteiger partial charge in [0.25, 0.3) is 0 Å². The molecule has 2 aromatic rings. The number of aromatic nitrogens is 2. The number of aryl methyl sites for hydroxylation is 1. The van der Waals surface area contributed by atoms with Crippen molar-refractivity contribution < 1.29 is 9.53 Å². The molecule has 0 aliphatic heterocycles. The minimum Gasteiger partial charge on any atom is -0.369 e. The minimum atomic E-state index is -0.432. The Labute approximate surface area is 131 Å². The molecule has 0 aliphatic rings. The third kappa shape index (κ3) is 4.56. The predicted molar refractivity (Wildman–Crippen MR) is 86.6 cm³/mol. The number of carbonyl (C=O) groups is 1. The average Bonchev–Trinajstić information content (AvgIpc) is 2.86. The van der Waals surface area contributed by atoms with Crippen LogP contribution in [0.3, 0.4) is 0 Å². The normalized spacial score (nSPS) is 12.8. The number of carbonyl (C=O) groups excluding carboxylic acids is 1. The maximum atomic E-state index is 12.0. The molecule has 5 heteroatoms. The van der Waals surface area contributed by atoms with Crippen molar-refractivity contribution in [1.29, 1.82) is 0 Å². The first-order valence-electron chi connectivity index (χ1n) is 7.79. The molecular weight excluding hydrogens is 278 g/mol. The van der Waals surface area contributed by atoms with E-state index in [1.165, 1.54) is 5.56 Å². The summed E-state index contributed by atoms with van der Waals surface area (Å²) < 4.78 is 7.50. The van der Waals surface area contributed by atoms with Crippen molar-refractivity contribution in [3.05, 3.63) is 35.8 Å². The third-order valence-corrected chi connectivity index (χ3v) is 3.54. The summed E-state index contributed by atoms with van der Waals surface area (Å²) >= 11 is 0. The van der Waals surface area contributed by atoms with E-state index in [9.17, 15) is 4.79 Å². The second kappa shape index (κ2) is 7.40. The summed E-state index contributed by atoms with van der Waals surface area (Å²) in [5.74, 6) is 0.480. The number of ether oxygens (including phenoxy) is 1. The van der Waals surface area contributed by atoms with Crippen LogP contribution in [0.25, 0.3) is 5.65 Å². The number of nitrogens with one attached hydrogen (secondary N) is 1. The Morgan fingerprint density at radius 2 is 2.18 bits per heavy atom. The van der Waals surface area contributed by atoms with Gasteiger partial charge in [0, 0.05) is 19.0 Å². The maximum Gasteiger partial charge on any atom is 0.249 e. The van der Waals surface area contributed by atoms with Crippen LogP contribution in [-0.4, -0.2) is 28.0 Å². The fourth-order valence-electron chi connectivity index (χ4n) is 2.10. The largest absolute Gasteiger partial charge is 0.369 e. The molecule has 120 valence electrons. The van der Waals surface area contributed by atoms with Crippen molar-refractivity contribution in [1.82, 2.24) is 14.7 Å². The van der Waals surface area contributed by atoms with Crippen LogP contribution in [0.1, 0.15) is 38.4 Å². The molecular formula is C17H25N3O2. The maximum absolute atomic E-state index is 12.0. The summed E-state index contributed by atoms with van der Waals surface area (Å²) in [5.41, 5.74) is 2.90. The fraction of sp³-hybridized carbons (Fsp3) is 0.529. The van der Waals surface area contributed by atoms with Gasteiger partial charge in [0.1, 0.15) is 11.8 Å². The van der Waals surface area contributed by atoms with Gasteiger partial charge >= 0.3 is 0 Å². The van der Waals surface area contributed by atoms with E-state index in [4.69, 9.17) is 4.74 Å². The zero-order valence-corrected chi connectivity index (χ0v) is 13.8. The van der Waals surface area contributed by atoms with Gasteiger partial charge < -0.3 is 14.5 Å². The SMILES string of the molecule is Cc1ccn2cc(CNC(=O)C(C)OCCC(C)C)nc2c1. The number of fused-ring (bicyclic) bond motifs is 1. The van der Waals surface area contributed by atoms with Gasteiger partial charge in [-0.1, -0.05) is 13.8 Å². The molecule has 1 unspecified atom stereocenters. The highest BCUT2D eigenvalue weighted by Gasteiger charge is 2.13. The minimum absolute atomic E-state index is 0.100. The number of hydrogen-bond donors (Lipinski definition) is 1. The molecule has 2 rings (SSSR count). The van der Waals surface area contributed by atoms with E-state index in [0.29, 0.717) is 19.1 Å². The molecule has 5 nitrogen and oxygen atoms in total. The summed E-state index contributed by atoms with van der Waals surface area (Å²) in [5, 5.41) is 2.87. The van der Waals surface area contributed by atoms with Crippen molar-refractivity contribution in [2.24, 2.45) is 5.92 Å². The molecule has 0 aliphatic carbocycles. The number of imidazole rings is 1. The zero-order chi connectivity index (χ0) is 16.1. The predicted octanol–water partition coefficient (Wildman–Crippen LogP) is 2.71. The van der Waals surface area contributed by atoms with Crippen LogP contribution in [-0.2, 0) is 16.1 Å². The summed E-state index contributed by atoms with van der Waals surface area (Å²) in [4.78, 5) is 16.5. The van der Waals surface area contributed by atoms with Crippen molar-refractivity contribution in [2.75, 3.05) is 6.61 Å². The van der Waals surface area contributed by atoms with Crippen LogP contribution in [0.4, 0.5) is 0 Å². The molecule has 0 fully saturated rings. The van der Waals surface area contributed by atoms with Gasteiger partial charge in [0.15, 0.2) is 0 Å². The lowest BCUT2D eigenvalue weighted by atomic mass is 10.1. The molecule has 1 atom stereocenters. The third-order valence-electron chi connectivity index (χ3n) is 3.54. The van der Waals surface area contributed by atoms with E-state index in [1.807, 2.05) is 35.9 Å². The number of pyridine rings is 1. The first kappa shape index (κ1) is 16.5. The van der Waals surface area contributed by atoms with Crippen molar-refractivity contribution in [2.45, 2.75) is 46.8 Å². The van der Waals surface area contributed by atoms with Crippen LogP contribution < -0.4 is 5.32 Å². The first-order valence-corrected chi connectivity index (χ1v) is 7.79. The van der Waals surface area contributed by atoms with Crippen LogP contribution >= 0.6 is 0 Å². The molecule has 1 amide bonds. The number of hydrogen-bond acceptors (Lipinski definition) is 3. The van der Waals surface area contributed by atoms with Crippen molar-refractivity contribution in [3.8, 4) is 0 Å². The highest BCUT2D eigenvalue weighted by molar-refractivity contribution is 5.80. The lowest BCUT2D eigenvalue weighted by Crippen LogP contribution is -2.34. The fourth-order valence-corrected chi connectivity index (χ4v) is 2.10. The second-order valence-electron chi connectivity index (χ2n) is 6.12. The van der Waals surface area contributed by atoms with Gasteiger partial charge in [-0.05, 0) is 43.9 Å². The lowest BCUT2D eigenvalue weighted by molar-refractivity contribution is -0.132. The highest BCUT2D eigenvalue weighted by atomic mass is 16.5. The molecule has 1 N–H and O–H groups in total. The topological polar surface area (TPSA) is 55.6 Å². The lowest BCUT2D eigenvalue weighted by Gasteiger charge is -2.13. The highest BCUT2D eigenvalue weighted by Crippen LogP contribution is 2.08. The molecule has 2 heterocycles. The smallest absolute Gasteiger partial charge is 0.249 e. The summed E-state index contributed by atoms with van der Waals surface area (Å²) in [6.45, 7) is 9.12. The monoisotopic (exact) mass is 303 g/mol. The van der Waals surface area contributed by atoms with E-state index in [-0.39, 0.29) is 5.91 Å². The number of rotatable bonds is 7. The summed E-state index contributed by atoms with van der Waals surface area (Å²) in [7, 11) is 0. The molecule has 0 aromatic carbocycles. The van der Waals surface area contributed by atoms with Gasteiger partial charge in [-0.2, -0.15) is 0 Å². The Kier molecular flexibility index (Phi) is 5.55. The summed E-state index contributed by atoms with van der Waals surface area (Å²) in [6.07, 6.45) is 4.43. The van der Waals surface area contributed by atoms with Crippen molar-refractivity contribution >= 4 is 11.6 Å². The Balaban J connectivity index is 1.84. The molecule has 0 saturated carbocycles. The van der Waals surface area contributed by atoms with E-state index < -0.39 is 6.10 Å². The quantitative estimate of drug-likeness (QED) is 0.855. The molecule has 22 heavy (non-hydrogen) atoms. The molecule has 0 radical (unpaired) electrons. The molecule has 0 bridgehead atoms. The molecule has 2 aromatic heterocycles. The van der Waals surface area contributed by atoms with E-state index in [0.717, 1.165) is 17.8 Å². The summed E-state index contributed by atoms with van der Waals surface area (Å²) in [6, 6.07) is 4.05. The van der Waals surface area contributed by atoms with Crippen LogP contribution in [0.5, 0.6) is 0 Å². The van der Waals surface area contributed by atoms with E-state index in [1.54, 1.807) is 6.92 Å². The standard InChI is InChI=1S/C17H25N3O2/c1-12(2)6-8-22-14(4)17(21)18-10-15-11-20-7-5-13(3)9-16(20)19-15/h5,7,9,11-12,14H,6,8,10H2,1-4H3,(H,18,21). The van der Waals surface area contributed by atoms with Crippen LogP contribution in [0.2, 0.25) is 0 Å². The molecule has 0 saturated heterocycles. The zero-order valence-electron chi connectivity index (χ0n) is 13.8. The van der Waals surface area contributed by atoms with Crippen LogP contribution in [0.15, 0.2) is 24.5 Å². The van der Waals surface area contributed by atoms with Gasteiger partial charge in [0.05, 0.1) is 12.2 Å². The number of amides is 1. The first-order chi connectivity index (χ1) is 10.5. The van der Waals surface area contributed by atoms with E-state index >= 15 is 0 Å². The van der Waals surface area contributed by atoms with Gasteiger partial charge in [0.2, 0.25) is 5.91 Å². The molecule has 0 spiro atoms.